The molecule has 0 saturated carbocycles. The van der Waals surface area contributed by atoms with Crippen LogP contribution in [0.5, 0.6) is 5.75 Å². The van der Waals surface area contributed by atoms with Gasteiger partial charge >= 0.3 is 0 Å². The molecule has 0 aliphatic heterocycles. The van der Waals surface area contributed by atoms with Gasteiger partial charge in [-0.25, -0.2) is 9.50 Å². The molecule has 2 heterocycles. The van der Waals surface area contributed by atoms with Gasteiger partial charge in [-0.15, -0.1) is 0 Å². The van der Waals surface area contributed by atoms with Crippen molar-refractivity contribution in [3.63, 3.8) is 0 Å². The number of hydrogen-bond acceptors (Lipinski definition) is 4. The number of nitrogens with zero attached hydrogens (tertiary/aromatic N) is 3. The molecule has 5 heteroatoms. The van der Waals surface area contributed by atoms with Gasteiger partial charge in [0.15, 0.2) is 11.4 Å². The number of para-hydroxylation sites is 1. The van der Waals surface area contributed by atoms with E-state index in [0.717, 1.165) is 11.3 Å². The normalized spacial score (nSPS) is 10.9. The number of rotatable bonds is 3. The number of ketones is 1. The molecular formula is C20H15N3O2. The average molecular weight is 329 g/mol. The lowest BCUT2D eigenvalue weighted by atomic mass is 10.1. The number of phenolic OH excluding ortho intramolecular Hbond substituents is 1. The maximum Gasteiger partial charge on any atom is 0.199 e. The van der Waals surface area contributed by atoms with Gasteiger partial charge in [0.1, 0.15) is 5.75 Å². The average Bonchev–Trinajstić information content (AvgIpc) is 3.05. The number of carbonyl (C=O) groups excluding carboxylic acids is 1. The van der Waals surface area contributed by atoms with Gasteiger partial charge in [-0.1, -0.05) is 42.0 Å². The number of fused-ring (bicyclic) bond motifs is 1. The Hall–Kier alpha value is -3.47. The van der Waals surface area contributed by atoms with Crippen LogP contribution in [0, 0.1) is 6.92 Å². The van der Waals surface area contributed by atoms with E-state index in [1.165, 1.54) is 17.8 Å². The molecule has 25 heavy (non-hydrogen) atoms. The molecular weight excluding hydrogens is 314 g/mol. The first-order valence-corrected chi connectivity index (χ1v) is 7.87. The third-order valence-corrected chi connectivity index (χ3v) is 4.07. The fraction of sp³-hybridized carbons (Fsp3) is 0.0500. The van der Waals surface area contributed by atoms with Crippen LogP contribution in [0.1, 0.15) is 21.5 Å². The predicted molar refractivity (Wildman–Crippen MR) is 94.7 cm³/mol. The molecule has 1 N–H and O–H groups in total. The van der Waals surface area contributed by atoms with Gasteiger partial charge in [-0.3, -0.25) is 4.79 Å². The Morgan fingerprint density at radius 2 is 1.84 bits per heavy atom. The van der Waals surface area contributed by atoms with E-state index in [0.29, 0.717) is 11.2 Å². The molecule has 2 aromatic heterocycles. The zero-order valence-electron chi connectivity index (χ0n) is 13.5. The Morgan fingerprint density at radius 1 is 1.08 bits per heavy atom. The summed E-state index contributed by atoms with van der Waals surface area (Å²) >= 11 is 0. The van der Waals surface area contributed by atoms with Gasteiger partial charge in [0.2, 0.25) is 0 Å². The molecule has 0 bridgehead atoms. The molecule has 0 amide bonds. The zero-order chi connectivity index (χ0) is 17.4. The highest BCUT2D eigenvalue weighted by Gasteiger charge is 2.15. The molecule has 122 valence electrons. The van der Waals surface area contributed by atoms with Crippen molar-refractivity contribution >= 4 is 11.4 Å². The Kier molecular flexibility index (Phi) is 3.54. The Balaban J connectivity index is 1.74. The van der Waals surface area contributed by atoms with Crippen LogP contribution in [0.3, 0.4) is 0 Å². The molecule has 0 radical (unpaired) electrons. The number of aromatic nitrogens is 3. The van der Waals surface area contributed by atoms with Crippen molar-refractivity contribution in [3.8, 4) is 17.0 Å². The summed E-state index contributed by atoms with van der Waals surface area (Å²) in [5.41, 5.74) is 4.23. The SMILES string of the molecule is Cc1ccc(-c2cc3ncc(C(=O)c4ccccc4O)cn3n2)cc1. The summed E-state index contributed by atoms with van der Waals surface area (Å²) in [6.07, 6.45) is 3.14. The monoisotopic (exact) mass is 329 g/mol. The zero-order valence-corrected chi connectivity index (χ0v) is 13.5. The van der Waals surface area contributed by atoms with Crippen LogP contribution in [0.4, 0.5) is 0 Å². The van der Waals surface area contributed by atoms with Crippen molar-refractivity contribution < 1.29 is 9.90 Å². The molecule has 0 aliphatic rings. The standard InChI is InChI=1S/C20H15N3O2/c1-13-6-8-14(9-7-13)17-10-19-21-11-15(12-23(19)22-17)20(25)16-4-2-3-5-18(16)24/h2-12,24H,1H3. The third-order valence-electron chi connectivity index (χ3n) is 4.07. The summed E-state index contributed by atoms with van der Waals surface area (Å²) in [7, 11) is 0. The fourth-order valence-corrected chi connectivity index (χ4v) is 2.68. The molecule has 2 aromatic carbocycles. The van der Waals surface area contributed by atoms with Gasteiger partial charge in [-0.2, -0.15) is 5.10 Å². The second-order valence-electron chi connectivity index (χ2n) is 5.89. The largest absolute Gasteiger partial charge is 0.507 e. The molecule has 0 atom stereocenters. The van der Waals surface area contributed by atoms with Gasteiger partial charge in [0.25, 0.3) is 0 Å². The van der Waals surface area contributed by atoms with E-state index in [-0.39, 0.29) is 17.1 Å². The number of phenols is 1. The van der Waals surface area contributed by atoms with E-state index < -0.39 is 0 Å². The summed E-state index contributed by atoms with van der Waals surface area (Å²) in [5, 5.41) is 14.4. The second-order valence-corrected chi connectivity index (χ2v) is 5.89. The Labute approximate surface area is 144 Å². The van der Waals surface area contributed by atoms with Crippen LogP contribution >= 0.6 is 0 Å². The molecule has 0 aliphatic carbocycles. The summed E-state index contributed by atoms with van der Waals surface area (Å²) in [5.74, 6) is -0.340. The molecule has 0 saturated heterocycles. The van der Waals surface area contributed by atoms with Crippen molar-refractivity contribution in [3.05, 3.63) is 83.7 Å². The van der Waals surface area contributed by atoms with E-state index in [1.54, 1.807) is 28.9 Å². The first-order chi connectivity index (χ1) is 12.1. The van der Waals surface area contributed by atoms with Crippen molar-refractivity contribution in [2.24, 2.45) is 0 Å². The fourth-order valence-electron chi connectivity index (χ4n) is 2.68. The Bertz CT molecular complexity index is 1080. The summed E-state index contributed by atoms with van der Waals surface area (Å²) < 4.78 is 1.59. The van der Waals surface area contributed by atoms with E-state index in [4.69, 9.17) is 0 Å². The summed E-state index contributed by atoms with van der Waals surface area (Å²) in [6, 6.07) is 16.4. The highest BCUT2D eigenvalue weighted by Crippen LogP contribution is 2.22. The van der Waals surface area contributed by atoms with Crippen LogP contribution in [0.25, 0.3) is 16.9 Å². The van der Waals surface area contributed by atoms with Crippen molar-refractivity contribution in [2.45, 2.75) is 6.92 Å². The van der Waals surface area contributed by atoms with E-state index in [2.05, 4.69) is 10.1 Å². The predicted octanol–water partition coefficient (Wildman–Crippen LogP) is 3.64. The third kappa shape index (κ3) is 2.76. The minimum atomic E-state index is -0.292. The van der Waals surface area contributed by atoms with Gasteiger partial charge in [0, 0.05) is 24.0 Å². The van der Waals surface area contributed by atoms with E-state index >= 15 is 0 Å². The number of aromatic hydroxyl groups is 1. The topological polar surface area (TPSA) is 67.5 Å². The lowest BCUT2D eigenvalue weighted by Crippen LogP contribution is -2.04. The molecule has 0 unspecified atom stereocenters. The van der Waals surface area contributed by atoms with Crippen molar-refractivity contribution in [2.75, 3.05) is 0 Å². The first-order valence-electron chi connectivity index (χ1n) is 7.87. The van der Waals surface area contributed by atoms with Crippen molar-refractivity contribution in [1.29, 1.82) is 0 Å². The quantitative estimate of drug-likeness (QED) is 0.583. The van der Waals surface area contributed by atoms with Gasteiger partial charge < -0.3 is 5.11 Å². The number of carbonyl (C=O) groups is 1. The van der Waals surface area contributed by atoms with E-state index in [1.807, 2.05) is 37.3 Å². The highest BCUT2D eigenvalue weighted by atomic mass is 16.3. The number of aryl methyl sites for hydroxylation is 1. The van der Waals surface area contributed by atoms with Gasteiger partial charge in [-0.05, 0) is 19.1 Å². The minimum Gasteiger partial charge on any atom is -0.507 e. The van der Waals surface area contributed by atoms with Gasteiger partial charge in [0.05, 0.1) is 16.8 Å². The van der Waals surface area contributed by atoms with Crippen LogP contribution in [0.2, 0.25) is 0 Å². The number of benzene rings is 2. The number of hydrogen-bond donors (Lipinski definition) is 1. The van der Waals surface area contributed by atoms with Crippen LogP contribution in [-0.2, 0) is 0 Å². The lowest BCUT2D eigenvalue weighted by molar-refractivity contribution is 0.103. The molecule has 5 nitrogen and oxygen atoms in total. The summed E-state index contributed by atoms with van der Waals surface area (Å²) in [6.45, 7) is 2.03. The van der Waals surface area contributed by atoms with Crippen LogP contribution in [0.15, 0.2) is 67.0 Å². The molecule has 0 spiro atoms. The molecule has 4 aromatic rings. The molecule has 4 rings (SSSR count). The maximum atomic E-state index is 12.6. The van der Waals surface area contributed by atoms with Crippen LogP contribution < -0.4 is 0 Å². The second kappa shape index (κ2) is 5.87. The Morgan fingerprint density at radius 3 is 2.60 bits per heavy atom. The smallest absolute Gasteiger partial charge is 0.199 e. The maximum absolute atomic E-state index is 12.6. The van der Waals surface area contributed by atoms with Crippen molar-refractivity contribution in [1.82, 2.24) is 14.6 Å². The highest BCUT2D eigenvalue weighted by molar-refractivity contribution is 6.10. The first kappa shape index (κ1) is 15.1. The summed E-state index contributed by atoms with van der Waals surface area (Å²) in [4.78, 5) is 16.9. The lowest BCUT2D eigenvalue weighted by Gasteiger charge is -2.03. The molecule has 0 fully saturated rings. The van der Waals surface area contributed by atoms with Crippen LogP contribution in [-0.4, -0.2) is 25.5 Å². The minimum absolute atomic E-state index is 0.0478. The van der Waals surface area contributed by atoms with E-state index in [9.17, 15) is 9.90 Å².